The van der Waals surface area contributed by atoms with Crippen LogP contribution in [0.25, 0.3) is 0 Å². The summed E-state index contributed by atoms with van der Waals surface area (Å²) in [5.41, 5.74) is -0.417. The van der Waals surface area contributed by atoms with Gasteiger partial charge in [0.1, 0.15) is 10.9 Å². The molecular weight excluding hydrogens is 344 g/mol. The van der Waals surface area contributed by atoms with Crippen LogP contribution in [0.15, 0.2) is 5.16 Å². The number of hydrogen-bond donors (Lipinski definition) is 1. The highest BCUT2D eigenvalue weighted by atomic mass is 32.2. The Labute approximate surface area is 148 Å². The van der Waals surface area contributed by atoms with Crippen LogP contribution in [-0.4, -0.2) is 52.4 Å². The monoisotopic (exact) mass is 370 g/mol. The number of carbonyl (C=O) groups is 1. The summed E-state index contributed by atoms with van der Waals surface area (Å²) in [5, 5.41) is 14.3. The maximum atomic E-state index is 13.1. The highest BCUT2D eigenvalue weighted by Crippen LogP contribution is 2.70. The summed E-state index contributed by atoms with van der Waals surface area (Å²) in [4.78, 5) is 18.1. The van der Waals surface area contributed by atoms with Gasteiger partial charge in [-0.05, 0) is 30.6 Å². The Morgan fingerprint density at radius 3 is 2.52 bits per heavy atom. The van der Waals surface area contributed by atoms with E-state index in [9.17, 15) is 18.3 Å². The van der Waals surface area contributed by atoms with Gasteiger partial charge in [0.05, 0.1) is 11.8 Å². The van der Waals surface area contributed by atoms with Crippen molar-refractivity contribution in [2.75, 3.05) is 0 Å². The highest BCUT2D eigenvalue weighted by molar-refractivity contribution is 7.92. The van der Waals surface area contributed by atoms with Crippen LogP contribution in [0.4, 0.5) is 0 Å². The maximum absolute atomic E-state index is 13.1. The van der Waals surface area contributed by atoms with Crippen LogP contribution >= 0.6 is 0 Å². The third-order valence-electron chi connectivity index (χ3n) is 7.08. The lowest BCUT2D eigenvalue weighted by Gasteiger charge is -2.56. The van der Waals surface area contributed by atoms with Crippen molar-refractivity contribution in [2.45, 2.75) is 76.9 Å². The highest BCUT2D eigenvalue weighted by Gasteiger charge is 2.81. The Morgan fingerprint density at radius 2 is 2.00 bits per heavy atom. The van der Waals surface area contributed by atoms with E-state index in [4.69, 9.17) is 4.84 Å². The number of sulfonamides is 1. The van der Waals surface area contributed by atoms with Crippen molar-refractivity contribution >= 4 is 21.6 Å². The molecule has 1 spiro atoms. The van der Waals surface area contributed by atoms with Gasteiger partial charge in [0.25, 0.3) is 5.91 Å². The second-order valence-electron chi connectivity index (χ2n) is 9.43. The Kier molecular flexibility index (Phi) is 3.16. The number of fused-ring (bicyclic) bond motifs is 1. The van der Waals surface area contributed by atoms with Gasteiger partial charge in [0, 0.05) is 5.41 Å². The molecule has 1 N–H and O–H groups in total. The molecule has 8 heteroatoms. The molecule has 2 bridgehead atoms. The molecule has 0 radical (unpaired) electrons. The van der Waals surface area contributed by atoms with Crippen molar-refractivity contribution in [3.63, 3.8) is 0 Å². The normalized spacial score (nSPS) is 43.3. The minimum absolute atomic E-state index is 0.306. The molecule has 4 rings (SSSR count). The Balaban J connectivity index is 1.63. The Hall–Kier alpha value is -1.15. The minimum Gasteiger partial charge on any atom is -0.382 e. The van der Waals surface area contributed by atoms with E-state index in [2.05, 4.69) is 5.16 Å². The molecule has 4 aliphatic rings. The summed E-state index contributed by atoms with van der Waals surface area (Å²) in [6.45, 7) is 9.59. The zero-order chi connectivity index (χ0) is 18.6. The second-order valence-corrected chi connectivity index (χ2v) is 11.5. The number of oxime groups is 1. The molecule has 1 amide bonds. The average molecular weight is 370 g/mol. The van der Waals surface area contributed by atoms with E-state index in [-0.39, 0.29) is 11.5 Å². The number of aliphatic hydroxyl groups is 1. The largest absolute Gasteiger partial charge is 0.382 e. The van der Waals surface area contributed by atoms with Gasteiger partial charge in [0.2, 0.25) is 16.1 Å². The predicted octanol–water partition coefficient (Wildman–Crippen LogP) is 1.27. The third-order valence-corrected chi connectivity index (χ3v) is 9.96. The van der Waals surface area contributed by atoms with Gasteiger partial charge in [-0.15, -0.1) is 0 Å². The summed E-state index contributed by atoms with van der Waals surface area (Å²) in [5.74, 6) is -0.379. The number of rotatable bonds is 1. The number of nitrogens with zero attached hydrogens (tertiary/aromatic N) is 2. The van der Waals surface area contributed by atoms with Crippen LogP contribution in [0, 0.1) is 16.7 Å². The van der Waals surface area contributed by atoms with Crippen molar-refractivity contribution in [3.8, 4) is 0 Å². The zero-order valence-electron chi connectivity index (χ0n) is 15.3. The van der Waals surface area contributed by atoms with Gasteiger partial charge in [-0.25, -0.2) is 12.7 Å². The molecule has 2 heterocycles. The van der Waals surface area contributed by atoms with Gasteiger partial charge in [-0.2, -0.15) is 0 Å². The fourth-order valence-electron chi connectivity index (χ4n) is 5.62. The molecule has 1 saturated heterocycles. The molecular formula is C17H26N2O5S. The molecule has 140 valence electrons. The first-order valence-corrected chi connectivity index (χ1v) is 10.3. The summed E-state index contributed by atoms with van der Waals surface area (Å²) in [6.07, 6.45) is -0.285. The van der Waals surface area contributed by atoms with Gasteiger partial charge < -0.3 is 9.94 Å². The first-order valence-electron chi connectivity index (χ1n) is 8.87. The zero-order valence-corrected chi connectivity index (χ0v) is 16.1. The van der Waals surface area contributed by atoms with E-state index >= 15 is 0 Å². The fourth-order valence-corrected chi connectivity index (χ4v) is 8.51. The van der Waals surface area contributed by atoms with Crippen molar-refractivity contribution in [2.24, 2.45) is 21.9 Å². The number of hydrogen-bond acceptors (Lipinski definition) is 6. The fraction of sp³-hybridized carbons (Fsp3) is 0.882. The van der Waals surface area contributed by atoms with Crippen LogP contribution < -0.4 is 0 Å². The summed E-state index contributed by atoms with van der Waals surface area (Å²) >= 11 is 0. The first kappa shape index (κ1) is 17.3. The number of carbonyl (C=O) groups excluding carboxylic acids is 1. The van der Waals surface area contributed by atoms with Gasteiger partial charge >= 0.3 is 0 Å². The van der Waals surface area contributed by atoms with Crippen molar-refractivity contribution in [1.82, 2.24) is 4.31 Å². The summed E-state index contributed by atoms with van der Waals surface area (Å²) in [6, 6.07) is -0.312. The summed E-state index contributed by atoms with van der Waals surface area (Å²) < 4.78 is 26.4. The van der Waals surface area contributed by atoms with E-state index in [1.165, 1.54) is 0 Å². The number of amides is 1. The van der Waals surface area contributed by atoms with Crippen LogP contribution in [0.3, 0.4) is 0 Å². The van der Waals surface area contributed by atoms with E-state index in [0.717, 1.165) is 10.7 Å². The molecule has 0 aromatic rings. The van der Waals surface area contributed by atoms with Crippen molar-refractivity contribution in [1.29, 1.82) is 0 Å². The molecule has 0 unspecified atom stereocenters. The van der Waals surface area contributed by atoms with Gasteiger partial charge in [-0.1, -0.05) is 39.8 Å². The lowest BCUT2D eigenvalue weighted by atomic mass is 9.80. The molecule has 2 aliphatic carbocycles. The van der Waals surface area contributed by atoms with E-state index in [1.54, 1.807) is 0 Å². The van der Waals surface area contributed by atoms with Crippen LogP contribution in [0.2, 0.25) is 0 Å². The summed E-state index contributed by atoms with van der Waals surface area (Å²) in [7, 11) is -3.75. The van der Waals surface area contributed by atoms with Crippen LogP contribution in [0.1, 0.15) is 53.9 Å². The van der Waals surface area contributed by atoms with E-state index in [0.29, 0.717) is 24.5 Å². The molecule has 3 fully saturated rings. The number of aliphatic hydroxyl groups excluding tert-OH is 1. The molecule has 2 aliphatic heterocycles. The molecule has 7 nitrogen and oxygen atoms in total. The maximum Gasteiger partial charge on any atom is 0.283 e. The molecule has 0 aromatic heterocycles. The van der Waals surface area contributed by atoms with E-state index < -0.39 is 38.3 Å². The van der Waals surface area contributed by atoms with E-state index in [1.807, 2.05) is 34.6 Å². The van der Waals surface area contributed by atoms with Crippen LogP contribution in [0.5, 0.6) is 0 Å². The van der Waals surface area contributed by atoms with Gasteiger partial charge in [0.15, 0.2) is 0 Å². The quantitative estimate of drug-likeness (QED) is 0.750. The van der Waals surface area contributed by atoms with Gasteiger partial charge in [-0.3, -0.25) is 4.79 Å². The van der Waals surface area contributed by atoms with Crippen LogP contribution in [-0.2, 0) is 19.7 Å². The topological polar surface area (TPSA) is 96.3 Å². The molecule has 5 atom stereocenters. The average Bonchev–Trinajstić information content (AvgIpc) is 3.04. The molecule has 2 saturated carbocycles. The smallest absolute Gasteiger partial charge is 0.283 e. The van der Waals surface area contributed by atoms with Crippen molar-refractivity contribution < 1.29 is 23.2 Å². The minimum atomic E-state index is -3.75. The Bertz CT molecular complexity index is 781. The molecule has 0 aromatic carbocycles. The third kappa shape index (κ3) is 1.73. The first-order chi connectivity index (χ1) is 11.4. The Morgan fingerprint density at radius 1 is 1.36 bits per heavy atom. The molecule has 25 heavy (non-hydrogen) atoms. The predicted molar refractivity (Wildman–Crippen MR) is 91.2 cm³/mol. The standard InChI is InChI=1S/C17H26N2O5S/c1-15(2,3)13-11(20)12(24-18-13)14(21)19-10-8-9-6-7-17(10,16(9,4)5)25(19,22)23/h9-12,20H,6-8H2,1-5H3/t9-,10-,11+,12-,17-/m1/s1. The van der Waals surface area contributed by atoms with Crippen molar-refractivity contribution in [3.05, 3.63) is 0 Å². The lowest BCUT2D eigenvalue weighted by Crippen LogP contribution is -2.76. The SMILES string of the molecule is CC(C)(C)C1=NO[C@@H](C(=O)N2[C@@H]3C[C@H]4CC[C@@]3(C4(C)C)S2(=O)=O)[C@@H]1O. The second kappa shape index (κ2) is 4.57. The lowest BCUT2D eigenvalue weighted by molar-refractivity contribution is -0.145.